The lowest BCUT2D eigenvalue weighted by Crippen LogP contribution is -2.46. The van der Waals surface area contributed by atoms with Crippen LogP contribution in [0.15, 0.2) is 18.7 Å². The van der Waals surface area contributed by atoms with Crippen LogP contribution in [0.3, 0.4) is 0 Å². The van der Waals surface area contributed by atoms with E-state index in [1.165, 1.54) is 0 Å². The molecule has 0 radical (unpaired) electrons. The molecule has 1 heterocycles. The molecule has 0 amide bonds. The van der Waals surface area contributed by atoms with Gasteiger partial charge in [-0.15, -0.1) is 0 Å². The third-order valence-corrected chi connectivity index (χ3v) is 1.83. The van der Waals surface area contributed by atoms with Crippen LogP contribution in [0.4, 0.5) is 0 Å². The molecule has 8 heteroatoms. The molecule has 4 atom stereocenters. The van der Waals surface area contributed by atoms with Gasteiger partial charge in [-0.3, -0.25) is 0 Å². The standard InChI is InChI=1S/C6H12O6.C3H4N2/c7-1-3(9)5(11)6(12)4(10)2-8;1-2-5-3-4-1/h1,3-6,8-12H,2H2;1-3H,(H,4,5). The molecule has 0 spiro atoms. The van der Waals surface area contributed by atoms with Crippen LogP contribution in [0.25, 0.3) is 0 Å². The number of H-pyrrole nitrogens is 1. The van der Waals surface area contributed by atoms with Gasteiger partial charge < -0.3 is 35.3 Å². The molecular formula is C9H16N2O6. The Morgan fingerprint density at radius 3 is 2.18 bits per heavy atom. The largest absolute Gasteiger partial charge is 0.394 e. The van der Waals surface area contributed by atoms with Crippen LogP contribution in [0.2, 0.25) is 0 Å². The number of imidazole rings is 1. The molecule has 0 aliphatic carbocycles. The second-order valence-electron chi connectivity index (χ2n) is 3.12. The number of aromatic nitrogens is 2. The number of hydrogen-bond acceptors (Lipinski definition) is 7. The van der Waals surface area contributed by atoms with Crippen molar-refractivity contribution >= 4 is 6.29 Å². The van der Waals surface area contributed by atoms with E-state index in [0.29, 0.717) is 0 Å². The number of nitrogens with one attached hydrogen (secondary N) is 1. The molecule has 0 bridgehead atoms. The summed E-state index contributed by atoms with van der Waals surface area (Å²) in [5, 5.41) is 43.5. The molecule has 0 saturated carbocycles. The lowest BCUT2D eigenvalue weighted by molar-refractivity contribution is -0.136. The lowest BCUT2D eigenvalue weighted by Gasteiger charge is -2.22. The van der Waals surface area contributed by atoms with Gasteiger partial charge in [0.05, 0.1) is 12.9 Å². The summed E-state index contributed by atoms with van der Waals surface area (Å²) in [4.78, 5) is 16.3. The first-order chi connectivity index (χ1) is 8.04. The normalized spacial score (nSPS) is 17.2. The number of nitrogens with zero attached hydrogens (tertiary/aromatic N) is 1. The van der Waals surface area contributed by atoms with Crippen LogP contribution < -0.4 is 0 Å². The second kappa shape index (κ2) is 8.79. The predicted molar refractivity (Wildman–Crippen MR) is 55.8 cm³/mol. The average molecular weight is 248 g/mol. The van der Waals surface area contributed by atoms with Crippen LogP contribution in [-0.2, 0) is 4.79 Å². The Balaban J connectivity index is 0.000000419. The molecule has 1 aromatic heterocycles. The monoisotopic (exact) mass is 248 g/mol. The molecule has 0 saturated heterocycles. The molecule has 0 aliphatic heterocycles. The summed E-state index contributed by atoms with van der Waals surface area (Å²) in [5.74, 6) is 0. The van der Waals surface area contributed by atoms with Crippen molar-refractivity contribution in [3.63, 3.8) is 0 Å². The van der Waals surface area contributed by atoms with Gasteiger partial charge in [0.25, 0.3) is 0 Å². The lowest BCUT2D eigenvalue weighted by atomic mass is 10.0. The fourth-order valence-electron chi connectivity index (χ4n) is 0.833. The number of rotatable bonds is 5. The first kappa shape index (κ1) is 15.7. The molecule has 4 unspecified atom stereocenters. The SMILES string of the molecule is O=CC(O)C(O)C(O)C(O)CO.c1c[nH]cn1. The second-order valence-corrected chi connectivity index (χ2v) is 3.12. The van der Waals surface area contributed by atoms with E-state index in [9.17, 15) is 4.79 Å². The van der Waals surface area contributed by atoms with Gasteiger partial charge in [0, 0.05) is 12.4 Å². The Morgan fingerprint density at radius 1 is 1.24 bits per heavy atom. The highest BCUT2D eigenvalue weighted by atomic mass is 16.4. The van der Waals surface area contributed by atoms with Crippen molar-refractivity contribution in [2.45, 2.75) is 24.4 Å². The predicted octanol–water partition coefficient (Wildman–Crippen LogP) is -2.97. The van der Waals surface area contributed by atoms with E-state index in [-0.39, 0.29) is 6.29 Å². The summed E-state index contributed by atoms with van der Waals surface area (Å²) in [7, 11) is 0. The van der Waals surface area contributed by atoms with Crippen LogP contribution in [0.5, 0.6) is 0 Å². The maximum Gasteiger partial charge on any atom is 0.151 e. The Kier molecular flexibility index (Phi) is 8.11. The summed E-state index contributed by atoms with van der Waals surface area (Å²) >= 11 is 0. The van der Waals surface area contributed by atoms with Gasteiger partial charge in [-0.2, -0.15) is 0 Å². The van der Waals surface area contributed by atoms with Gasteiger partial charge >= 0.3 is 0 Å². The van der Waals surface area contributed by atoms with Gasteiger partial charge in [0.15, 0.2) is 6.29 Å². The molecule has 0 aliphatic rings. The molecule has 6 N–H and O–H groups in total. The number of carbonyl (C=O) groups is 1. The number of aliphatic hydroxyl groups is 5. The van der Waals surface area contributed by atoms with Crippen LogP contribution in [0.1, 0.15) is 0 Å². The van der Waals surface area contributed by atoms with Gasteiger partial charge in [-0.05, 0) is 0 Å². The molecule has 1 aromatic rings. The van der Waals surface area contributed by atoms with Crippen LogP contribution >= 0.6 is 0 Å². The number of hydrogen-bond donors (Lipinski definition) is 6. The van der Waals surface area contributed by atoms with E-state index in [0.717, 1.165) is 0 Å². The molecule has 17 heavy (non-hydrogen) atoms. The highest BCUT2D eigenvalue weighted by Crippen LogP contribution is 2.02. The Bertz CT molecular complexity index is 264. The van der Waals surface area contributed by atoms with E-state index in [4.69, 9.17) is 25.5 Å². The van der Waals surface area contributed by atoms with Crippen molar-refractivity contribution in [3.05, 3.63) is 18.7 Å². The third-order valence-electron chi connectivity index (χ3n) is 1.83. The zero-order valence-electron chi connectivity index (χ0n) is 8.92. The maximum atomic E-state index is 9.90. The third kappa shape index (κ3) is 6.09. The first-order valence-electron chi connectivity index (χ1n) is 4.75. The minimum absolute atomic E-state index is 0.0258. The van der Waals surface area contributed by atoms with Crippen molar-refractivity contribution in [2.24, 2.45) is 0 Å². The van der Waals surface area contributed by atoms with E-state index in [2.05, 4.69) is 9.97 Å². The van der Waals surface area contributed by atoms with E-state index in [1.807, 2.05) is 0 Å². The van der Waals surface area contributed by atoms with Crippen molar-refractivity contribution in [1.29, 1.82) is 0 Å². The quantitative estimate of drug-likeness (QED) is 0.305. The fraction of sp³-hybridized carbons (Fsp3) is 0.556. The van der Waals surface area contributed by atoms with Crippen molar-refractivity contribution in [2.75, 3.05) is 6.61 Å². The van der Waals surface area contributed by atoms with Crippen molar-refractivity contribution in [3.8, 4) is 0 Å². The number of aliphatic hydroxyl groups excluding tert-OH is 5. The zero-order chi connectivity index (χ0) is 13.3. The highest BCUT2D eigenvalue weighted by Gasteiger charge is 2.29. The highest BCUT2D eigenvalue weighted by molar-refractivity contribution is 5.56. The van der Waals surface area contributed by atoms with E-state index in [1.54, 1.807) is 18.7 Å². The smallest absolute Gasteiger partial charge is 0.151 e. The van der Waals surface area contributed by atoms with E-state index >= 15 is 0 Å². The molecular weight excluding hydrogens is 232 g/mol. The topological polar surface area (TPSA) is 147 Å². The fourth-order valence-corrected chi connectivity index (χ4v) is 0.833. The van der Waals surface area contributed by atoms with Gasteiger partial charge in [0.1, 0.15) is 24.4 Å². The van der Waals surface area contributed by atoms with Crippen LogP contribution in [0, 0.1) is 0 Å². The molecule has 1 rings (SSSR count). The minimum atomic E-state index is -1.79. The summed E-state index contributed by atoms with van der Waals surface area (Å²) in [6, 6.07) is 0. The molecule has 0 fully saturated rings. The van der Waals surface area contributed by atoms with Crippen LogP contribution in [-0.4, -0.2) is 72.8 Å². The summed E-state index contributed by atoms with van der Waals surface area (Å²) in [6.45, 7) is -0.760. The van der Waals surface area contributed by atoms with Gasteiger partial charge in [-0.25, -0.2) is 4.98 Å². The Labute approximate surface area is 97.2 Å². The molecule has 8 nitrogen and oxygen atoms in total. The summed E-state index contributed by atoms with van der Waals surface area (Å²) in [6.07, 6.45) is -1.76. The van der Waals surface area contributed by atoms with Gasteiger partial charge in [0.2, 0.25) is 0 Å². The van der Waals surface area contributed by atoms with E-state index < -0.39 is 31.0 Å². The molecule has 98 valence electrons. The molecule has 0 aromatic carbocycles. The average Bonchev–Trinajstić information content (AvgIpc) is 2.93. The van der Waals surface area contributed by atoms with Crippen molar-refractivity contribution in [1.82, 2.24) is 9.97 Å². The summed E-state index contributed by atoms with van der Waals surface area (Å²) in [5.41, 5.74) is 0. The number of aldehydes is 1. The Morgan fingerprint density at radius 2 is 1.88 bits per heavy atom. The zero-order valence-corrected chi connectivity index (χ0v) is 8.92. The van der Waals surface area contributed by atoms with Gasteiger partial charge in [-0.1, -0.05) is 0 Å². The number of carbonyl (C=O) groups excluding carboxylic acids is 1. The Hall–Kier alpha value is -1.32. The number of aromatic amines is 1. The van der Waals surface area contributed by atoms with Crippen molar-refractivity contribution < 1.29 is 30.3 Å². The maximum absolute atomic E-state index is 9.90. The first-order valence-corrected chi connectivity index (χ1v) is 4.75. The summed E-state index contributed by atoms with van der Waals surface area (Å²) < 4.78 is 0. The minimum Gasteiger partial charge on any atom is -0.394 e.